The van der Waals surface area contributed by atoms with Gasteiger partial charge in [0.05, 0.1) is 47.4 Å². The molecule has 5 rings (SSSR count). The van der Waals surface area contributed by atoms with E-state index in [2.05, 4.69) is 15.6 Å². The molecule has 10 nitrogen and oxygen atoms in total. The maximum absolute atomic E-state index is 14.9. The number of halogens is 2. The summed E-state index contributed by atoms with van der Waals surface area (Å²) in [6.45, 7) is 1.43. The molecule has 3 aromatic rings. The van der Waals surface area contributed by atoms with E-state index in [1.165, 1.54) is 41.2 Å². The molecule has 1 aliphatic carbocycles. The lowest BCUT2D eigenvalue weighted by atomic mass is 10.2. The van der Waals surface area contributed by atoms with Gasteiger partial charge in [-0.1, -0.05) is 17.7 Å². The smallest absolute Gasteiger partial charge is 0.255 e. The van der Waals surface area contributed by atoms with Crippen LogP contribution in [-0.2, 0) is 19.1 Å². The zero-order valence-corrected chi connectivity index (χ0v) is 20.7. The number of hydrogen-bond donors (Lipinski definition) is 2. The lowest BCUT2D eigenvalue weighted by molar-refractivity contribution is -0.138. The van der Waals surface area contributed by atoms with Crippen molar-refractivity contribution in [3.8, 4) is 5.69 Å². The summed E-state index contributed by atoms with van der Waals surface area (Å²) >= 11 is 5.84. The van der Waals surface area contributed by atoms with Crippen molar-refractivity contribution in [3.05, 3.63) is 82.1 Å². The first-order valence-corrected chi connectivity index (χ1v) is 12.3. The van der Waals surface area contributed by atoms with Crippen molar-refractivity contribution < 1.29 is 23.5 Å². The Morgan fingerprint density at radius 1 is 0.974 bits per heavy atom. The van der Waals surface area contributed by atoms with Crippen molar-refractivity contribution in [2.75, 3.05) is 36.9 Å². The molecule has 2 N–H and O–H groups in total. The summed E-state index contributed by atoms with van der Waals surface area (Å²) in [5.74, 6) is -4.98. The summed E-state index contributed by atoms with van der Waals surface area (Å²) in [7, 11) is 0. The average molecular weight is 540 g/mol. The molecule has 2 fully saturated rings. The first-order valence-electron chi connectivity index (χ1n) is 11.9. The fraction of sp³-hybridized carbons (Fsp3) is 0.269. The molecule has 0 radical (unpaired) electrons. The zero-order chi connectivity index (χ0) is 26.8. The van der Waals surface area contributed by atoms with Gasteiger partial charge in [-0.05, 0) is 30.3 Å². The van der Waals surface area contributed by atoms with Crippen LogP contribution in [0.25, 0.3) is 5.69 Å². The Bertz CT molecular complexity index is 1440. The van der Waals surface area contributed by atoms with Crippen molar-refractivity contribution >= 4 is 40.8 Å². The Morgan fingerprint density at radius 2 is 1.71 bits per heavy atom. The maximum atomic E-state index is 14.9. The first-order chi connectivity index (χ1) is 18.3. The van der Waals surface area contributed by atoms with Crippen molar-refractivity contribution in [2.24, 2.45) is 17.8 Å². The van der Waals surface area contributed by atoms with Crippen LogP contribution in [0.3, 0.4) is 0 Å². The second kappa shape index (κ2) is 10.7. The van der Waals surface area contributed by atoms with Crippen LogP contribution in [0.1, 0.15) is 0 Å². The number of nitrogens with one attached hydrogen (secondary N) is 2. The van der Waals surface area contributed by atoms with E-state index in [-0.39, 0.29) is 28.7 Å². The lowest BCUT2D eigenvalue weighted by Crippen LogP contribution is -2.42. The number of amides is 3. The number of benzene rings is 1. The number of anilines is 2. The summed E-state index contributed by atoms with van der Waals surface area (Å²) in [6.07, 6.45) is 2.86. The molecule has 0 unspecified atom stereocenters. The predicted octanol–water partition coefficient (Wildman–Crippen LogP) is 2.32. The summed E-state index contributed by atoms with van der Waals surface area (Å²) in [6, 6.07) is 11.5. The molecule has 1 saturated carbocycles. The standard InChI is InChI=1S/C26H23ClFN5O5/c27-15-4-7-19(29-14-15)31-25(36)22-21(23(22)26(37)32-9-11-38-12-10-32)24(35)30-18-6-5-16(13-17(18)28)33-8-2-1-3-20(33)34/h1-8,13-14,21-23H,9-12H2,(H,30,35)(H,29,31,36)/t21-,22+,23+/m0/s1. The van der Waals surface area contributed by atoms with Crippen LogP contribution in [0.4, 0.5) is 15.9 Å². The van der Waals surface area contributed by atoms with Gasteiger partial charge in [0, 0.05) is 37.6 Å². The number of carbonyl (C=O) groups is 3. The number of carbonyl (C=O) groups excluding carboxylic acids is 3. The Morgan fingerprint density at radius 3 is 2.37 bits per heavy atom. The van der Waals surface area contributed by atoms with E-state index < -0.39 is 35.4 Å². The van der Waals surface area contributed by atoms with Crippen LogP contribution in [0.15, 0.2) is 65.7 Å². The van der Waals surface area contributed by atoms with Gasteiger partial charge in [0.1, 0.15) is 11.6 Å². The van der Waals surface area contributed by atoms with Gasteiger partial charge in [0.2, 0.25) is 17.7 Å². The maximum Gasteiger partial charge on any atom is 0.255 e. The van der Waals surface area contributed by atoms with E-state index in [1.54, 1.807) is 23.1 Å². The highest BCUT2D eigenvalue weighted by molar-refractivity contribution is 6.30. The number of hydrogen-bond acceptors (Lipinski definition) is 6. The van der Waals surface area contributed by atoms with E-state index in [1.807, 2.05) is 0 Å². The Labute approximate surface area is 221 Å². The minimum atomic E-state index is -1.01. The van der Waals surface area contributed by atoms with Gasteiger partial charge in [0.25, 0.3) is 5.56 Å². The molecule has 2 aromatic heterocycles. The van der Waals surface area contributed by atoms with Gasteiger partial charge < -0.3 is 20.3 Å². The molecule has 2 aliphatic rings. The largest absolute Gasteiger partial charge is 0.378 e. The summed E-state index contributed by atoms with van der Waals surface area (Å²) in [4.78, 5) is 57.1. The summed E-state index contributed by atoms with van der Waals surface area (Å²) in [5, 5.41) is 5.51. The van der Waals surface area contributed by atoms with Gasteiger partial charge >= 0.3 is 0 Å². The van der Waals surface area contributed by atoms with Crippen molar-refractivity contribution in [3.63, 3.8) is 0 Å². The van der Waals surface area contributed by atoms with Crippen molar-refractivity contribution in [1.29, 1.82) is 0 Å². The monoisotopic (exact) mass is 539 g/mol. The van der Waals surface area contributed by atoms with E-state index >= 15 is 0 Å². The molecular weight excluding hydrogens is 517 g/mol. The second-order valence-electron chi connectivity index (χ2n) is 8.93. The molecule has 196 valence electrons. The van der Waals surface area contributed by atoms with Gasteiger partial charge in [-0.15, -0.1) is 0 Å². The Hall–Kier alpha value is -4.09. The molecule has 1 aromatic carbocycles. The number of ether oxygens (including phenoxy) is 1. The number of morpholine rings is 1. The van der Waals surface area contributed by atoms with E-state index in [0.29, 0.717) is 31.3 Å². The molecule has 1 aliphatic heterocycles. The van der Waals surface area contributed by atoms with Crippen molar-refractivity contribution in [2.45, 2.75) is 0 Å². The predicted molar refractivity (Wildman–Crippen MR) is 136 cm³/mol. The van der Waals surface area contributed by atoms with Gasteiger partial charge in [0.15, 0.2) is 0 Å². The van der Waals surface area contributed by atoms with Crippen LogP contribution < -0.4 is 16.2 Å². The molecule has 3 amide bonds. The molecule has 3 heterocycles. The van der Waals surface area contributed by atoms with Crippen molar-refractivity contribution in [1.82, 2.24) is 14.5 Å². The number of rotatable bonds is 6. The van der Waals surface area contributed by atoms with Gasteiger partial charge in [-0.25, -0.2) is 9.37 Å². The average Bonchev–Trinajstić information content (AvgIpc) is 3.68. The Kier molecular flexibility index (Phi) is 7.21. The third-order valence-electron chi connectivity index (χ3n) is 6.52. The van der Waals surface area contributed by atoms with Gasteiger partial charge in [-0.2, -0.15) is 0 Å². The highest BCUT2D eigenvalue weighted by Crippen LogP contribution is 2.49. The lowest BCUT2D eigenvalue weighted by Gasteiger charge is -2.27. The molecule has 0 bridgehead atoms. The molecule has 12 heteroatoms. The molecule has 38 heavy (non-hydrogen) atoms. The minimum Gasteiger partial charge on any atom is -0.378 e. The molecule has 1 saturated heterocycles. The third kappa shape index (κ3) is 5.29. The van der Waals surface area contributed by atoms with Crippen LogP contribution in [0, 0.1) is 23.6 Å². The number of aromatic nitrogens is 2. The highest BCUT2D eigenvalue weighted by atomic mass is 35.5. The quantitative estimate of drug-likeness (QED) is 0.496. The van der Waals surface area contributed by atoms with Crippen LogP contribution in [0.2, 0.25) is 5.02 Å². The van der Waals surface area contributed by atoms with Crippen LogP contribution >= 0.6 is 11.6 Å². The fourth-order valence-electron chi connectivity index (χ4n) is 4.54. The van der Waals surface area contributed by atoms with Crippen LogP contribution in [-0.4, -0.2) is 58.5 Å². The van der Waals surface area contributed by atoms with Crippen LogP contribution in [0.5, 0.6) is 0 Å². The number of pyridine rings is 2. The van der Waals surface area contributed by atoms with E-state index in [4.69, 9.17) is 16.3 Å². The van der Waals surface area contributed by atoms with Gasteiger partial charge in [-0.3, -0.25) is 23.7 Å². The van der Waals surface area contributed by atoms with E-state index in [0.717, 1.165) is 6.07 Å². The second-order valence-corrected chi connectivity index (χ2v) is 9.36. The highest BCUT2D eigenvalue weighted by Gasteiger charge is 2.63. The third-order valence-corrected chi connectivity index (χ3v) is 6.75. The topological polar surface area (TPSA) is 123 Å². The minimum absolute atomic E-state index is 0.134. The number of nitrogens with zero attached hydrogens (tertiary/aromatic N) is 3. The normalized spacial score (nSPS) is 20.5. The SMILES string of the molecule is O=C(Nc1ccc(Cl)cn1)[C@@H]1[C@H](C(=O)Nc2ccc(-n3ccccc3=O)cc2F)[C@H]1C(=O)N1CCOCC1. The Balaban J connectivity index is 1.34. The zero-order valence-electron chi connectivity index (χ0n) is 20.0. The molecule has 3 atom stereocenters. The van der Waals surface area contributed by atoms with E-state index in [9.17, 15) is 23.6 Å². The fourth-order valence-corrected chi connectivity index (χ4v) is 4.65. The molecular formula is C26H23ClFN5O5. The summed E-state index contributed by atoms with van der Waals surface area (Å²) < 4.78 is 21.5. The summed E-state index contributed by atoms with van der Waals surface area (Å²) in [5.41, 5.74) is -0.188. The molecule has 0 spiro atoms. The first kappa shape index (κ1) is 25.6.